The zero-order chi connectivity index (χ0) is 12.1. The SMILES string of the molecule is NC(COc1cccc(Cl)c1)CC1CCCC1. The van der Waals surface area contributed by atoms with Crippen LogP contribution in [0.1, 0.15) is 32.1 Å². The van der Waals surface area contributed by atoms with Crippen molar-refractivity contribution in [2.24, 2.45) is 11.7 Å². The van der Waals surface area contributed by atoms with Crippen LogP contribution in [0.4, 0.5) is 0 Å². The first-order valence-electron chi connectivity index (χ1n) is 6.38. The Morgan fingerprint density at radius 3 is 2.82 bits per heavy atom. The van der Waals surface area contributed by atoms with E-state index in [1.807, 2.05) is 24.3 Å². The highest BCUT2D eigenvalue weighted by Gasteiger charge is 2.18. The summed E-state index contributed by atoms with van der Waals surface area (Å²) in [6, 6.07) is 7.60. The number of nitrogens with two attached hydrogens (primary N) is 1. The number of rotatable bonds is 5. The fraction of sp³-hybridized carbons (Fsp3) is 0.571. The molecule has 0 spiro atoms. The molecule has 0 bridgehead atoms. The van der Waals surface area contributed by atoms with E-state index in [0.717, 1.165) is 18.1 Å². The lowest BCUT2D eigenvalue weighted by Crippen LogP contribution is -2.29. The second-order valence-electron chi connectivity index (χ2n) is 4.91. The lowest BCUT2D eigenvalue weighted by Gasteiger charge is -2.17. The minimum absolute atomic E-state index is 0.136. The van der Waals surface area contributed by atoms with Crippen molar-refractivity contribution < 1.29 is 4.74 Å². The maximum atomic E-state index is 6.08. The van der Waals surface area contributed by atoms with Gasteiger partial charge in [-0.15, -0.1) is 0 Å². The Labute approximate surface area is 108 Å². The first kappa shape index (κ1) is 12.7. The van der Waals surface area contributed by atoms with E-state index in [4.69, 9.17) is 22.1 Å². The van der Waals surface area contributed by atoms with E-state index in [1.165, 1.54) is 25.7 Å². The molecule has 1 atom stereocenters. The molecular formula is C14H20ClNO. The minimum Gasteiger partial charge on any atom is -0.492 e. The number of halogens is 1. The van der Waals surface area contributed by atoms with Gasteiger partial charge in [-0.3, -0.25) is 0 Å². The fourth-order valence-corrected chi connectivity index (χ4v) is 2.68. The first-order valence-corrected chi connectivity index (χ1v) is 6.76. The largest absolute Gasteiger partial charge is 0.492 e. The van der Waals surface area contributed by atoms with Crippen LogP contribution in [0, 0.1) is 5.92 Å². The quantitative estimate of drug-likeness (QED) is 0.870. The first-order chi connectivity index (χ1) is 8.24. The Morgan fingerprint density at radius 2 is 2.12 bits per heavy atom. The summed E-state index contributed by atoms with van der Waals surface area (Å²) in [5.41, 5.74) is 6.08. The third-order valence-electron chi connectivity index (χ3n) is 3.37. The van der Waals surface area contributed by atoms with Crippen molar-refractivity contribution in [1.82, 2.24) is 0 Å². The van der Waals surface area contributed by atoms with Crippen LogP contribution in [0.2, 0.25) is 5.02 Å². The summed E-state index contributed by atoms with van der Waals surface area (Å²) in [5.74, 6) is 1.62. The van der Waals surface area contributed by atoms with Crippen LogP contribution in [0.25, 0.3) is 0 Å². The van der Waals surface area contributed by atoms with E-state index >= 15 is 0 Å². The Balaban J connectivity index is 1.73. The molecule has 2 rings (SSSR count). The molecule has 1 aliphatic rings. The van der Waals surface area contributed by atoms with E-state index in [9.17, 15) is 0 Å². The molecule has 0 aliphatic heterocycles. The summed E-state index contributed by atoms with van der Waals surface area (Å²) in [5, 5.41) is 0.701. The molecule has 94 valence electrons. The number of benzene rings is 1. The Kier molecular flexibility index (Phi) is 4.69. The highest BCUT2D eigenvalue weighted by Crippen LogP contribution is 2.28. The molecule has 1 aliphatic carbocycles. The van der Waals surface area contributed by atoms with E-state index < -0.39 is 0 Å². The van der Waals surface area contributed by atoms with Gasteiger partial charge in [-0.1, -0.05) is 43.4 Å². The smallest absolute Gasteiger partial charge is 0.120 e. The Bertz CT molecular complexity index is 350. The zero-order valence-corrected chi connectivity index (χ0v) is 10.8. The Morgan fingerprint density at radius 1 is 1.35 bits per heavy atom. The van der Waals surface area contributed by atoms with Crippen molar-refractivity contribution in [3.05, 3.63) is 29.3 Å². The normalized spacial score (nSPS) is 18.2. The van der Waals surface area contributed by atoms with Crippen molar-refractivity contribution in [3.63, 3.8) is 0 Å². The molecule has 1 unspecified atom stereocenters. The van der Waals surface area contributed by atoms with Crippen LogP contribution >= 0.6 is 11.6 Å². The summed E-state index contributed by atoms with van der Waals surface area (Å²) in [7, 11) is 0. The van der Waals surface area contributed by atoms with E-state index in [-0.39, 0.29) is 6.04 Å². The molecule has 1 saturated carbocycles. The van der Waals surface area contributed by atoms with Gasteiger partial charge in [-0.2, -0.15) is 0 Å². The molecule has 3 heteroatoms. The van der Waals surface area contributed by atoms with Gasteiger partial charge in [0, 0.05) is 11.1 Å². The van der Waals surface area contributed by atoms with Crippen molar-refractivity contribution in [1.29, 1.82) is 0 Å². The van der Waals surface area contributed by atoms with E-state index in [2.05, 4.69) is 0 Å². The monoisotopic (exact) mass is 253 g/mol. The molecule has 0 radical (unpaired) electrons. The molecule has 2 nitrogen and oxygen atoms in total. The van der Waals surface area contributed by atoms with Gasteiger partial charge in [0.25, 0.3) is 0 Å². The van der Waals surface area contributed by atoms with Crippen LogP contribution in [0.15, 0.2) is 24.3 Å². The van der Waals surface area contributed by atoms with Gasteiger partial charge in [0.1, 0.15) is 12.4 Å². The average Bonchev–Trinajstić information content (AvgIpc) is 2.79. The summed E-state index contributed by atoms with van der Waals surface area (Å²) in [6.45, 7) is 0.580. The average molecular weight is 254 g/mol. The molecule has 17 heavy (non-hydrogen) atoms. The van der Waals surface area contributed by atoms with Crippen molar-refractivity contribution >= 4 is 11.6 Å². The number of hydrogen-bond acceptors (Lipinski definition) is 2. The lowest BCUT2D eigenvalue weighted by atomic mass is 9.99. The summed E-state index contributed by atoms with van der Waals surface area (Å²) >= 11 is 5.89. The van der Waals surface area contributed by atoms with Crippen LogP contribution in [-0.4, -0.2) is 12.6 Å². The number of hydrogen-bond donors (Lipinski definition) is 1. The minimum atomic E-state index is 0.136. The van der Waals surface area contributed by atoms with Crippen molar-refractivity contribution in [2.75, 3.05) is 6.61 Å². The standard InChI is InChI=1S/C14H20ClNO/c15-12-6-3-7-14(9-12)17-10-13(16)8-11-4-1-2-5-11/h3,6-7,9,11,13H,1-2,4-5,8,10,16H2. The predicted octanol–water partition coefficient (Wildman–Crippen LogP) is 3.63. The van der Waals surface area contributed by atoms with Crippen LogP contribution in [0.5, 0.6) is 5.75 Å². The second kappa shape index (κ2) is 6.27. The van der Waals surface area contributed by atoms with Crippen molar-refractivity contribution in [2.45, 2.75) is 38.1 Å². The maximum absolute atomic E-state index is 6.08. The maximum Gasteiger partial charge on any atom is 0.120 e. The molecular weight excluding hydrogens is 234 g/mol. The highest BCUT2D eigenvalue weighted by molar-refractivity contribution is 6.30. The Hall–Kier alpha value is -0.730. The van der Waals surface area contributed by atoms with Crippen LogP contribution < -0.4 is 10.5 Å². The van der Waals surface area contributed by atoms with Gasteiger partial charge in [0.2, 0.25) is 0 Å². The third kappa shape index (κ3) is 4.21. The van der Waals surface area contributed by atoms with Gasteiger partial charge < -0.3 is 10.5 Å². The molecule has 0 amide bonds. The number of ether oxygens (including phenoxy) is 1. The molecule has 0 saturated heterocycles. The topological polar surface area (TPSA) is 35.2 Å². The molecule has 1 aromatic carbocycles. The molecule has 1 aromatic rings. The summed E-state index contributed by atoms with van der Waals surface area (Å²) in [6.07, 6.45) is 6.50. The van der Waals surface area contributed by atoms with E-state index in [0.29, 0.717) is 11.6 Å². The zero-order valence-electron chi connectivity index (χ0n) is 10.1. The van der Waals surface area contributed by atoms with Crippen molar-refractivity contribution in [3.8, 4) is 5.75 Å². The molecule has 0 aromatic heterocycles. The molecule has 0 heterocycles. The van der Waals surface area contributed by atoms with Gasteiger partial charge in [-0.05, 0) is 30.5 Å². The third-order valence-corrected chi connectivity index (χ3v) is 3.61. The predicted molar refractivity (Wildman–Crippen MR) is 71.5 cm³/mol. The van der Waals surface area contributed by atoms with Crippen LogP contribution in [0.3, 0.4) is 0 Å². The van der Waals surface area contributed by atoms with Gasteiger partial charge in [0.15, 0.2) is 0 Å². The van der Waals surface area contributed by atoms with Gasteiger partial charge in [0.05, 0.1) is 0 Å². The fourth-order valence-electron chi connectivity index (χ4n) is 2.50. The van der Waals surface area contributed by atoms with Gasteiger partial charge in [-0.25, -0.2) is 0 Å². The highest BCUT2D eigenvalue weighted by atomic mass is 35.5. The van der Waals surface area contributed by atoms with Gasteiger partial charge >= 0.3 is 0 Å². The molecule has 1 fully saturated rings. The second-order valence-corrected chi connectivity index (χ2v) is 5.35. The van der Waals surface area contributed by atoms with Crippen LogP contribution in [-0.2, 0) is 0 Å². The summed E-state index contributed by atoms with van der Waals surface area (Å²) < 4.78 is 5.65. The lowest BCUT2D eigenvalue weighted by molar-refractivity contribution is 0.265. The molecule has 2 N–H and O–H groups in total. The summed E-state index contributed by atoms with van der Waals surface area (Å²) in [4.78, 5) is 0. The van der Waals surface area contributed by atoms with E-state index in [1.54, 1.807) is 0 Å².